The molecule has 0 aliphatic heterocycles. The molecular formula is C19H20F4N4O2. The topological polar surface area (TPSA) is 79.9 Å². The predicted molar refractivity (Wildman–Crippen MR) is 97.2 cm³/mol. The molecular weight excluding hydrogens is 392 g/mol. The number of benzene rings is 1. The first-order valence-corrected chi connectivity index (χ1v) is 8.88. The van der Waals surface area contributed by atoms with E-state index in [9.17, 15) is 27.6 Å². The van der Waals surface area contributed by atoms with Gasteiger partial charge in [0.1, 0.15) is 11.3 Å². The fraction of sp³-hybridized carbons (Fsp3) is 0.526. The number of imidazole rings is 1. The lowest BCUT2D eigenvalue weighted by Crippen LogP contribution is -2.59. The smallest absolute Gasteiger partial charge is 0.313 e. The quantitative estimate of drug-likeness (QED) is 0.760. The highest BCUT2D eigenvalue weighted by molar-refractivity contribution is 5.93. The number of nitriles is 1. The molecule has 1 amide bonds. The number of anilines is 1. The van der Waals surface area contributed by atoms with Crippen LogP contribution in [0.15, 0.2) is 12.1 Å². The summed E-state index contributed by atoms with van der Waals surface area (Å²) in [4.78, 5) is 16.7. The van der Waals surface area contributed by atoms with Crippen molar-refractivity contribution in [3.8, 4) is 11.8 Å². The largest absolute Gasteiger partial charge is 0.494 e. The molecule has 0 spiro atoms. The van der Waals surface area contributed by atoms with Crippen LogP contribution in [0.2, 0.25) is 0 Å². The molecule has 6 nitrogen and oxygen atoms in total. The molecule has 10 heteroatoms. The minimum Gasteiger partial charge on any atom is -0.494 e. The second-order valence-corrected chi connectivity index (χ2v) is 8.08. The van der Waals surface area contributed by atoms with Crippen LogP contribution in [0.5, 0.6) is 5.75 Å². The molecule has 29 heavy (non-hydrogen) atoms. The minimum atomic E-state index is -4.21. The van der Waals surface area contributed by atoms with Crippen molar-refractivity contribution in [3.05, 3.63) is 17.7 Å². The van der Waals surface area contributed by atoms with E-state index in [1.807, 2.05) is 26.8 Å². The molecule has 156 valence electrons. The third kappa shape index (κ3) is 3.39. The Morgan fingerprint density at radius 1 is 1.38 bits per heavy atom. The van der Waals surface area contributed by atoms with E-state index in [2.05, 4.69) is 10.3 Å². The summed E-state index contributed by atoms with van der Waals surface area (Å²) < 4.78 is 59.9. The molecule has 0 radical (unpaired) electrons. The zero-order valence-corrected chi connectivity index (χ0v) is 16.3. The second kappa shape index (κ2) is 6.61. The highest BCUT2D eigenvalue weighted by Crippen LogP contribution is 2.56. The molecule has 0 saturated heterocycles. The van der Waals surface area contributed by atoms with Gasteiger partial charge in [-0.15, -0.1) is 0 Å². The molecule has 2 aromatic rings. The van der Waals surface area contributed by atoms with Gasteiger partial charge in [0.15, 0.2) is 0 Å². The van der Waals surface area contributed by atoms with Crippen molar-refractivity contribution in [1.29, 1.82) is 5.26 Å². The maximum Gasteiger partial charge on any atom is 0.313 e. The van der Waals surface area contributed by atoms with Crippen molar-refractivity contribution in [2.75, 3.05) is 12.4 Å². The molecule has 0 bridgehead atoms. The monoisotopic (exact) mass is 412 g/mol. The van der Waals surface area contributed by atoms with Gasteiger partial charge in [0.25, 0.3) is 0 Å². The number of hydrogen-bond donors (Lipinski definition) is 1. The summed E-state index contributed by atoms with van der Waals surface area (Å²) in [5.41, 5.74) is 0.583. The molecule has 1 saturated carbocycles. The first-order chi connectivity index (χ1) is 13.3. The van der Waals surface area contributed by atoms with E-state index in [1.165, 1.54) is 13.2 Å². The maximum absolute atomic E-state index is 13.5. The Kier molecular flexibility index (Phi) is 4.76. The standard InChI is InChI=1S/C19H20F4N4O2/c1-17(2,3)27-12-5-10(9-24)6-13(29-4)15(12)26-16(27)25-14(28)7-11-8-18(20,21)19(11,22)23/h5-6,11H,7-8H2,1-4H3,(H,25,26,28). The van der Waals surface area contributed by atoms with Crippen LogP contribution in [0, 0.1) is 17.2 Å². The lowest BCUT2D eigenvalue weighted by atomic mass is 9.74. The Morgan fingerprint density at radius 2 is 2.03 bits per heavy atom. The predicted octanol–water partition coefficient (Wildman–Crippen LogP) is 4.29. The number of nitrogens with zero attached hydrogens (tertiary/aromatic N) is 3. The van der Waals surface area contributed by atoms with Gasteiger partial charge in [-0.25, -0.2) is 4.98 Å². The molecule has 1 unspecified atom stereocenters. The molecule has 3 rings (SSSR count). The van der Waals surface area contributed by atoms with Crippen molar-refractivity contribution in [3.63, 3.8) is 0 Å². The molecule has 1 atom stereocenters. The van der Waals surface area contributed by atoms with Gasteiger partial charge in [-0.3, -0.25) is 10.1 Å². The molecule has 1 aromatic heterocycles. The summed E-state index contributed by atoms with van der Waals surface area (Å²) in [6.07, 6.45) is -1.79. The third-order valence-electron chi connectivity index (χ3n) is 4.93. The van der Waals surface area contributed by atoms with Gasteiger partial charge < -0.3 is 9.30 Å². The highest BCUT2D eigenvalue weighted by atomic mass is 19.3. The zero-order chi connectivity index (χ0) is 21.8. The van der Waals surface area contributed by atoms with Gasteiger partial charge in [-0.2, -0.15) is 22.8 Å². The summed E-state index contributed by atoms with van der Waals surface area (Å²) in [5.74, 6) is -10.5. The van der Waals surface area contributed by atoms with E-state index in [-0.39, 0.29) is 5.95 Å². The molecule has 1 fully saturated rings. The Balaban J connectivity index is 1.97. The number of carbonyl (C=O) groups excluding carboxylic acids is 1. The molecule has 1 N–H and O–H groups in total. The van der Waals surface area contributed by atoms with Crippen LogP contribution < -0.4 is 10.1 Å². The third-order valence-corrected chi connectivity index (χ3v) is 4.93. The number of amides is 1. The van der Waals surface area contributed by atoms with Crippen LogP contribution in [0.3, 0.4) is 0 Å². The Labute approximate surface area is 164 Å². The van der Waals surface area contributed by atoms with E-state index in [0.717, 1.165) is 0 Å². The fourth-order valence-corrected chi connectivity index (χ4v) is 3.47. The van der Waals surface area contributed by atoms with Crippen LogP contribution in [-0.4, -0.2) is 34.4 Å². The van der Waals surface area contributed by atoms with Gasteiger partial charge >= 0.3 is 11.8 Å². The lowest BCUT2D eigenvalue weighted by Gasteiger charge is -2.43. The number of hydrogen-bond acceptors (Lipinski definition) is 4. The van der Waals surface area contributed by atoms with Gasteiger partial charge in [0, 0.05) is 30.4 Å². The first-order valence-electron chi connectivity index (χ1n) is 8.88. The van der Waals surface area contributed by atoms with Crippen molar-refractivity contribution >= 4 is 22.9 Å². The molecule has 1 aromatic carbocycles. The second-order valence-electron chi connectivity index (χ2n) is 8.08. The summed E-state index contributed by atoms with van der Waals surface area (Å²) >= 11 is 0. The summed E-state index contributed by atoms with van der Waals surface area (Å²) in [7, 11) is 1.41. The number of aromatic nitrogens is 2. The normalized spacial score (nSPS) is 20.0. The average Bonchev–Trinajstić information content (AvgIpc) is 2.97. The zero-order valence-electron chi connectivity index (χ0n) is 16.3. The molecule has 1 aliphatic carbocycles. The van der Waals surface area contributed by atoms with Crippen LogP contribution in [-0.2, 0) is 10.3 Å². The van der Waals surface area contributed by atoms with Crippen LogP contribution in [0.25, 0.3) is 11.0 Å². The Morgan fingerprint density at radius 3 is 2.52 bits per heavy atom. The van der Waals surface area contributed by atoms with Crippen LogP contribution >= 0.6 is 0 Å². The Hall–Kier alpha value is -2.83. The van der Waals surface area contributed by atoms with E-state index in [1.54, 1.807) is 10.6 Å². The molecule has 1 heterocycles. The van der Waals surface area contributed by atoms with E-state index < -0.39 is 42.1 Å². The van der Waals surface area contributed by atoms with Crippen molar-refractivity contribution in [2.45, 2.75) is 51.0 Å². The number of rotatable bonds is 4. The van der Waals surface area contributed by atoms with Crippen LogP contribution in [0.4, 0.5) is 23.5 Å². The van der Waals surface area contributed by atoms with E-state index in [4.69, 9.17) is 4.74 Å². The highest BCUT2D eigenvalue weighted by Gasteiger charge is 2.71. The number of carbonyl (C=O) groups is 1. The number of alkyl halides is 4. The van der Waals surface area contributed by atoms with Crippen LogP contribution in [0.1, 0.15) is 39.2 Å². The van der Waals surface area contributed by atoms with Crippen molar-refractivity contribution in [1.82, 2.24) is 9.55 Å². The number of fused-ring (bicyclic) bond motifs is 1. The summed E-state index contributed by atoms with van der Waals surface area (Å²) in [6, 6.07) is 5.08. The first kappa shape index (κ1) is 20.9. The van der Waals surface area contributed by atoms with Gasteiger partial charge in [-0.05, 0) is 26.8 Å². The van der Waals surface area contributed by atoms with Gasteiger partial charge in [0.2, 0.25) is 11.9 Å². The van der Waals surface area contributed by atoms with Crippen molar-refractivity contribution in [2.24, 2.45) is 5.92 Å². The summed E-state index contributed by atoms with van der Waals surface area (Å²) in [6.45, 7) is 5.49. The van der Waals surface area contributed by atoms with E-state index in [0.29, 0.717) is 22.3 Å². The number of halogens is 4. The maximum atomic E-state index is 13.5. The number of nitrogens with one attached hydrogen (secondary N) is 1. The SMILES string of the molecule is COc1cc(C#N)cc2c1nc(NC(=O)CC1CC(F)(F)C1(F)F)n2C(C)(C)C. The number of methoxy groups -OCH3 is 1. The fourth-order valence-electron chi connectivity index (χ4n) is 3.47. The Bertz CT molecular complexity index is 1020. The average molecular weight is 412 g/mol. The van der Waals surface area contributed by atoms with E-state index >= 15 is 0 Å². The molecule has 1 aliphatic rings. The minimum absolute atomic E-state index is 0.0558. The summed E-state index contributed by atoms with van der Waals surface area (Å²) in [5, 5.41) is 11.7. The number of ether oxygens (including phenoxy) is 1. The van der Waals surface area contributed by atoms with Crippen molar-refractivity contribution < 1.29 is 27.1 Å². The van der Waals surface area contributed by atoms with Gasteiger partial charge in [-0.1, -0.05) is 0 Å². The van der Waals surface area contributed by atoms with Gasteiger partial charge in [0.05, 0.1) is 24.3 Å². The lowest BCUT2D eigenvalue weighted by molar-refractivity contribution is -0.313.